The van der Waals surface area contributed by atoms with Crippen LogP contribution in [0.15, 0.2) is 42.7 Å². The van der Waals surface area contributed by atoms with Crippen LogP contribution < -0.4 is 5.32 Å². The number of ether oxygens (including phenoxy) is 1. The van der Waals surface area contributed by atoms with Crippen molar-refractivity contribution in [2.45, 2.75) is 19.3 Å². The van der Waals surface area contributed by atoms with Crippen molar-refractivity contribution >= 4 is 51.8 Å². The molecule has 0 fully saturated rings. The summed E-state index contributed by atoms with van der Waals surface area (Å²) in [6.45, 7) is -0.396. The van der Waals surface area contributed by atoms with Crippen LogP contribution in [-0.2, 0) is 20.7 Å². The number of nitrogens with one attached hydrogen (secondary N) is 2. The van der Waals surface area contributed by atoms with E-state index in [1.54, 1.807) is 0 Å². The number of carbonyl (C=O) groups excluding carboxylic acids is 2. The lowest BCUT2D eigenvalue weighted by Crippen LogP contribution is -2.21. The lowest BCUT2D eigenvalue weighted by atomic mass is 10.1. The number of carbonyl (C=O) groups is 2. The number of halogens is 2. The largest absolute Gasteiger partial charge is 0.456 e. The smallest absolute Gasteiger partial charge is 0.306 e. The van der Waals surface area contributed by atoms with E-state index in [4.69, 9.17) is 27.9 Å². The van der Waals surface area contributed by atoms with Crippen LogP contribution in [0.25, 0.3) is 10.9 Å². The highest BCUT2D eigenvalue weighted by molar-refractivity contribution is 6.36. The number of aryl methyl sites for hydroxylation is 1. The van der Waals surface area contributed by atoms with Crippen LogP contribution in [0.3, 0.4) is 0 Å². The number of aromatic nitrogens is 2. The van der Waals surface area contributed by atoms with Crippen LogP contribution in [0, 0.1) is 0 Å². The number of aromatic amines is 1. The third-order valence-corrected chi connectivity index (χ3v) is 4.43. The molecule has 140 valence electrons. The van der Waals surface area contributed by atoms with E-state index in [0.29, 0.717) is 11.4 Å². The molecule has 0 spiro atoms. The number of H-pyrrole nitrogens is 1. The van der Waals surface area contributed by atoms with E-state index < -0.39 is 18.5 Å². The third kappa shape index (κ3) is 5.21. The summed E-state index contributed by atoms with van der Waals surface area (Å²) in [5.41, 5.74) is 2.22. The number of hydrogen-bond acceptors (Lipinski definition) is 4. The van der Waals surface area contributed by atoms with Crippen molar-refractivity contribution in [2.75, 3.05) is 11.9 Å². The van der Waals surface area contributed by atoms with Gasteiger partial charge < -0.3 is 15.0 Å². The zero-order valence-electron chi connectivity index (χ0n) is 14.3. The van der Waals surface area contributed by atoms with E-state index in [-0.39, 0.29) is 17.3 Å². The number of benzene rings is 1. The molecule has 3 rings (SSSR count). The van der Waals surface area contributed by atoms with Gasteiger partial charge in [-0.05, 0) is 30.5 Å². The molecule has 2 aromatic heterocycles. The zero-order valence-corrected chi connectivity index (χ0v) is 15.8. The summed E-state index contributed by atoms with van der Waals surface area (Å²) in [5, 5.41) is 4.19. The van der Waals surface area contributed by atoms with E-state index in [9.17, 15) is 9.59 Å². The van der Waals surface area contributed by atoms with Gasteiger partial charge in [0.05, 0.1) is 10.0 Å². The number of anilines is 1. The van der Waals surface area contributed by atoms with E-state index in [0.717, 1.165) is 22.9 Å². The van der Waals surface area contributed by atoms with E-state index in [2.05, 4.69) is 15.3 Å². The molecule has 0 unspecified atom stereocenters. The molecule has 0 bridgehead atoms. The minimum Gasteiger partial charge on any atom is -0.456 e. The summed E-state index contributed by atoms with van der Waals surface area (Å²) in [6.07, 6.45) is 4.92. The number of hydrogen-bond donors (Lipinski definition) is 2. The topological polar surface area (TPSA) is 84.1 Å². The van der Waals surface area contributed by atoms with Crippen molar-refractivity contribution in [1.29, 1.82) is 0 Å². The Balaban J connectivity index is 1.41. The third-order valence-electron chi connectivity index (χ3n) is 3.93. The highest BCUT2D eigenvalue weighted by Gasteiger charge is 2.11. The second-order valence-corrected chi connectivity index (χ2v) is 6.75. The maximum absolute atomic E-state index is 11.8. The molecule has 3 aromatic rings. The summed E-state index contributed by atoms with van der Waals surface area (Å²) >= 11 is 11.7. The van der Waals surface area contributed by atoms with Crippen molar-refractivity contribution in [3.05, 3.63) is 58.3 Å². The number of pyridine rings is 1. The summed E-state index contributed by atoms with van der Waals surface area (Å²) in [6, 6.07) is 9.46. The first kappa shape index (κ1) is 19.2. The predicted molar refractivity (Wildman–Crippen MR) is 105 cm³/mol. The fourth-order valence-electron chi connectivity index (χ4n) is 2.65. The van der Waals surface area contributed by atoms with E-state index in [1.165, 1.54) is 12.3 Å². The number of amides is 1. The Kier molecular flexibility index (Phi) is 6.32. The normalized spacial score (nSPS) is 10.7. The lowest BCUT2D eigenvalue weighted by molar-refractivity contribution is -0.147. The maximum Gasteiger partial charge on any atom is 0.306 e. The van der Waals surface area contributed by atoms with E-state index >= 15 is 0 Å². The highest BCUT2D eigenvalue weighted by Crippen LogP contribution is 2.22. The van der Waals surface area contributed by atoms with Gasteiger partial charge in [-0.2, -0.15) is 0 Å². The number of fused-ring (bicyclic) bond motifs is 1. The molecule has 0 aliphatic carbocycles. The van der Waals surface area contributed by atoms with Gasteiger partial charge in [0.25, 0.3) is 5.91 Å². The molecule has 0 saturated heterocycles. The van der Waals surface area contributed by atoms with Gasteiger partial charge in [0.2, 0.25) is 0 Å². The van der Waals surface area contributed by atoms with E-state index in [1.807, 2.05) is 30.5 Å². The summed E-state index contributed by atoms with van der Waals surface area (Å²) in [4.78, 5) is 30.8. The molecule has 27 heavy (non-hydrogen) atoms. The van der Waals surface area contributed by atoms with Crippen molar-refractivity contribution < 1.29 is 14.3 Å². The summed E-state index contributed by atoms with van der Waals surface area (Å²) in [5.74, 6) is -0.779. The van der Waals surface area contributed by atoms with Gasteiger partial charge in [0.1, 0.15) is 0 Å². The van der Waals surface area contributed by atoms with Gasteiger partial charge in [-0.15, -0.1) is 0 Å². The predicted octanol–water partition coefficient (Wildman–Crippen LogP) is 4.37. The Bertz CT molecular complexity index is 972. The number of rotatable bonds is 7. The maximum atomic E-state index is 11.8. The molecule has 1 amide bonds. The first-order valence-corrected chi connectivity index (χ1v) is 9.10. The Morgan fingerprint density at radius 3 is 2.85 bits per heavy atom. The van der Waals surface area contributed by atoms with Gasteiger partial charge >= 0.3 is 5.97 Å². The van der Waals surface area contributed by atoms with Crippen LogP contribution in [0.1, 0.15) is 18.4 Å². The van der Waals surface area contributed by atoms with Gasteiger partial charge in [-0.1, -0.05) is 41.4 Å². The number of esters is 1. The molecule has 2 N–H and O–H groups in total. The Labute approximate surface area is 165 Å². The molecule has 0 atom stereocenters. The Morgan fingerprint density at radius 2 is 2.04 bits per heavy atom. The number of para-hydroxylation sites is 1. The second kappa shape index (κ2) is 8.88. The molecular weight excluding hydrogens is 389 g/mol. The molecular formula is C19H17Cl2N3O3. The standard InChI is InChI=1S/C19H17Cl2N3O3/c20-13-8-15(21)19(23-10-13)24-17(25)11-27-18(26)7-3-4-12-9-22-16-6-2-1-5-14(12)16/h1-2,5-6,8-10,22H,3-4,7,11H2,(H,23,24,25). The fraction of sp³-hybridized carbons (Fsp3) is 0.211. The minimum atomic E-state index is -0.517. The van der Waals surface area contributed by atoms with Gasteiger partial charge in [0, 0.05) is 29.7 Å². The van der Waals surface area contributed by atoms with Crippen LogP contribution in [0.5, 0.6) is 0 Å². The fourth-order valence-corrected chi connectivity index (χ4v) is 3.08. The molecule has 0 radical (unpaired) electrons. The van der Waals surface area contributed by atoms with Gasteiger partial charge in [0.15, 0.2) is 12.4 Å². The summed E-state index contributed by atoms with van der Waals surface area (Å²) in [7, 11) is 0. The second-order valence-electron chi connectivity index (χ2n) is 5.91. The summed E-state index contributed by atoms with van der Waals surface area (Å²) < 4.78 is 4.99. The highest BCUT2D eigenvalue weighted by atomic mass is 35.5. The quantitative estimate of drug-likeness (QED) is 0.571. The minimum absolute atomic E-state index is 0.168. The van der Waals surface area contributed by atoms with Crippen LogP contribution in [0.2, 0.25) is 10.0 Å². The first-order valence-electron chi connectivity index (χ1n) is 8.34. The molecule has 2 heterocycles. The Morgan fingerprint density at radius 1 is 1.22 bits per heavy atom. The lowest BCUT2D eigenvalue weighted by Gasteiger charge is -2.07. The molecule has 1 aromatic carbocycles. The van der Waals surface area contributed by atoms with Crippen LogP contribution in [-0.4, -0.2) is 28.5 Å². The Hall–Kier alpha value is -2.57. The van der Waals surface area contributed by atoms with Crippen LogP contribution in [0.4, 0.5) is 5.82 Å². The SMILES string of the molecule is O=C(COC(=O)CCCc1c[nH]c2ccccc12)Nc1ncc(Cl)cc1Cl. The monoisotopic (exact) mass is 405 g/mol. The van der Waals surface area contributed by atoms with Crippen molar-refractivity contribution in [3.8, 4) is 0 Å². The van der Waals surface area contributed by atoms with Gasteiger partial charge in [-0.25, -0.2) is 4.98 Å². The zero-order chi connectivity index (χ0) is 19.2. The molecule has 0 aliphatic heterocycles. The number of nitrogens with zero attached hydrogens (tertiary/aromatic N) is 1. The average Bonchev–Trinajstić information content (AvgIpc) is 3.06. The molecule has 6 nitrogen and oxygen atoms in total. The van der Waals surface area contributed by atoms with Crippen molar-refractivity contribution in [3.63, 3.8) is 0 Å². The molecule has 0 aliphatic rings. The molecule has 8 heteroatoms. The van der Waals surface area contributed by atoms with Crippen molar-refractivity contribution in [2.24, 2.45) is 0 Å². The first-order chi connectivity index (χ1) is 13.0. The van der Waals surface area contributed by atoms with Gasteiger partial charge in [-0.3, -0.25) is 9.59 Å². The van der Waals surface area contributed by atoms with Crippen LogP contribution >= 0.6 is 23.2 Å². The average molecular weight is 406 g/mol. The molecule has 0 saturated carbocycles. The van der Waals surface area contributed by atoms with Crippen molar-refractivity contribution in [1.82, 2.24) is 9.97 Å².